The van der Waals surface area contributed by atoms with Crippen molar-refractivity contribution < 1.29 is 0 Å². The molecule has 0 heteroatoms. The molecule has 2 aliphatic carbocycles. The Bertz CT molecular complexity index is 159. The molecule has 0 unspecified atom stereocenters. The molecule has 0 heterocycles. The summed E-state index contributed by atoms with van der Waals surface area (Å²) in [7, 11) is 0. The molecule has 2 fully saturated rings. The van der Waals surface area contributed by atoms with E-state index in [0.29, 0.717) is 0 Å². The molecule has 2 rings (SSSR count). The minimum absolute atomic E-state index is 0.811. The van der Waals surface area contributed by atoms with Crippen molar-refractivity contribution in [3.63, 3.8) is 0 Å². The maximum Gasteiger partial charge on any atom is -0.0294 e. The van der Waals surface area contributed by atoms with Crippen molar-refractivity contribution in [1.29, 1.82) is 0 Å². The first kappa shape index (κ1) is 7.64. The van der Waals surface area contributed by atoms with Crippen molar-refractivity contribution in [2.75, 3.05) is 0 Å². The van der Waals surface area contributed by atoms with E-state index in [0.717, 1.165) is 23.2 Å². The van der Waals surface area contributed by atoms with Gasteiger partial charge in [-0.15, -0.1) is 0 Å². The van der Waals surface area contributed by atoms with Crippen LogP contribution in [0.15, 0.2) is 0 Å². The van der Waals surface area contributed by atoms with Crippen LogP contribution in [0.1, 0.15) is 46.5 Å². The minimum atomic E-state index is 0.811. The average Bonchev–Trinajstić information content (AvgIpc) is 2.58. The van der Waals surface area contributed by atoms with E-state index in [2.05, 4.69) is 20.8 Å². The van der Waals surface area contributed by atoms with Gasteiger partial charge in [0.05, 0.1) is 0 Å². The highest BCUT2D eigenvalue weighted by Crippen LogP contribution is 2.62. The Morgan fingerprint density at radius 2 is 2.09 bits per heavy atom. The molecular formula is C11H20. The molecule has 64 valence electrons. The van der Waals surface area contributed by atoms with Gasteiger partial charge in [-0.3, -0.25) is 0 Å². The summed E-state index contributed by atoms with van der Waals surface area (Å²) < 4.78 is 0. The van der Waals surface area contributed by atoms with Gasteiger partial charge >= 0.3 is 0 Å². The van der Waals surface area contributed by atoms with E-state index < -0.39 is 0 Å². The second kappa shape index (κ2) is 2.24. The van der Waals surface area contributed by atoms with Gasteiger partial charge in [-0.25, -0.2) is 0 Å². The van der Waals surface area contributed by atoms with Crippen molar-refractivity contribution in [2.24, 2.45) is 23.2 Å². The molecule has 0 radical (unpaired) electrons. The Balaban J connectivity index is 1.93. The Morgan fingerprint density at radius 3 is 2.64 bits per heavy atom. The zero-order valence-corrected chi connectivity index (χ0v) is 8.06. The lowest BCUT2D eigenvalue weighted by atomic mass is 9.78. The van der Waals surface area contributed by atoms with Crippen LogP contribution in [0.5, 0.6) is 0 Å². The molecule has 0 saturated heterocycles. The Morgan fingerprint density at radius 1 is 1.36 bits per heavy atom. The van der Waals surface area contributed by atoms with Gasteiger partial charge in [0.2, 0.25) is 0 Å². The molecule has 0 aromatic carbocycles. The van der Waals surface area contributed by atoms with Crippen LogP contribution in [0.3, 0.4) is 0 Å². The molecule has 0 aromatic heterocycles. The third-order valence-electron chi connectivity index (χ3n) is 4.15. The molecule has 0 spiro atoms. The summed E-state index contributed by atoms with van der Waals surface area (Å²) in [4.78, 5) is 0. The number of hydrogen-bond donors (Lipinski definition) is 0. The minimum Gasteiger partial charge on any atom is -0.0625 e. The van der Waals surface area contributed by atoms with Gasteiger partial charge in [-0.1, -0.05) is 20.8 Å². The van der Waals surface area contributed by atoms with Gasteiger partial charge < -0.3 is 0 Å². The van der Waals surface area contributed by atoms with Crippen LogP contribution in [0.2, 0.25) is 0 Å². The van der Waals surface area contributed by atoms with Crippen LogP contribution in [0.4, 0.5) is 0 Å². The van der Waals surface area contributed by atoms with Crippen LogP contribution < -0.4 is 0 Å². The van der Waals surface area contributed by atoms with E-state index in [9.17, 15) is 0 Å². The van der Waals surface area contributed by atoms with Gasteiger partial charge in [-0.05, 0) is 48.9 Å². The normalized spacial score (nSPS) is 49.1. The lowest BCUT2D eigenvalue weighted by molar-refractivity contribution is 0.227. The van der Waals surface area contributed by atoms with Crippen molar-refractivity contribution in [3.8, 4) is 0 Å². The van der Waals surface area contributed by atoms with Crippen LogP contribution in [-0.4, -0.2) is 0 Å². The standard InChI is InChI=1S/C11H20/c1-8(2)9-4-5-11(3)7-10(11)6-9/h8-10H,4-7H2,1-3H3/t9-,10-,11+/m0/s1. The predicted molar refractivity (Wildman–Crippen MR) is 48.4 cm³/mol. The van der Waals surface area contributed by atoms with Gasteiger partial charge in [0, 0.05) is 0 Å². The summed E-state index contributed by atoms with van der Waals surface area (Å²) in [6.45, 7) is 7.25. The van der Waals surface area contributed by atoms with Crippen LogP contribution in [0.25, 0.3) is 0 Å². The number of hydrogen-bond acceptors (Lipinski definition) is 0. The molecule has 0 nitrogen and oxygen atoms in total. The maximum atomic E-state index is 2.48. The largest absolute Gasteiger partial charge is 0.0625 e. The molecule has 0 aromatic rings. The van der Waals surface area contributed by atoms with E-state index >= 15 is 0 Å². The number of rotatable bonds is 1. The summed E-state index contributed by atoms with van der Waals surface area (Å²) in [5.41, 5.74) is 0.811. The molecule has 2 aliphatic rings. The Kier molecular flexibility index (Phi) is 1.56. The molecule has 3 atom stereocenters. The SMILES string of the molecule is CC(C)[C@H]1CC[C@]2(C)C[C@@H]2C1. The van der Waals surface area contributed by atoms with E-state index in [-0.39, 0.29) is 0 Å². The molecule has 0 bridgehead atoms. The maximum absolute atomic E-state index is 2.48. The fourth-order valence-electron chi connectivity index (χ4n) is 2.78. The summed E-state index contributed by atoms with van der Waals surface area (Å²) in [6, 6.07) is 0. The quantitative estimate of drug-likeness (QED) is 0.539. The molecule has 0 aliphatic heterocycles. The van der Waals surface area contributed by atoms with E-state index in [4.69, 9.17) is 0 Å². The van der Waals surface area contributed by atoms with Crippen molar-refractivity contribution in [3.05, 3.63) is 0 Å². The van der Waals surface area contributed by atoms with Crippen LogP contribution in [0, 0.1) is 23.2 Å². The summed E-state index contributed by atoms with van der Waals surface area (Å²) >= 11 is 0. The Hall–Kier alpha value is 0. The van der Waals surface area contributed by atoms with E-state index in [1.807, 2.05) is 0 Å². The summed E-state index contributed by atoms with van der Waals surface area (Å²) in [6.07, 6.45) is 6.09. The molecule has 11 heavy (non-hydrogen) atoms. The third-order valence-corrected chi connectivity index (χ3v) is 4.15. The Labute approximate surface area is 70.4 Å². The van der Waals surface area contributed by atoms with E-state index in [1.165, 1.54) is 25.7 Å². The van der Waals surface area contributed by atoms with Crippen molar-refractivity contribution in [1.82, 2.24) is 0 Å². The van der Waals surface area contributed by atoms with Gasteiger partial charge in [0.15, 0.2) is 0 Å². The van der Waals surface area contributed by atoms with Crippen molar-refractivity contribution in [2.45, 2.75) is 46.5 Å². The third kappa shape index (κ3) is 1.21. The lowest BCUT2D eigenvalue weighted by Gasteiger charge is -2.28. The lowest BCUT2D eigenvalue weighted by Crippen LogP contribution is -2.18. The highest BCUT2D eigenvalue weighted by atomic mass is 14.6. The van der Waals surface area contributed by atoms with Crippen LogP contribution in [-0.2, 0) is 0 Å². The molecule has 0 amide bonds. The molecule has 0 N–H and O–H groups in total. The van der Waals surface area contributed by atoms with Crippen molar-refractivity contribution >= 4 is 0 Å². The summed E-state index contributed by atoms with van der Waals surface area (Å²) in [5.74, 6) is 3.10. The smallest absolute Gasteiger partial charge is 0.0294 e. The van der Waals surface area contributed by atoms with Gasteiger partial charge in [0.25, 0.3) is 0 Å². The predicted octanol–water partition coefficient (Wildman–Crippen LogP) is 3.47. The molecular weight excluding hydrogens is 132 g/mol. The second-order valence-corrected chi connectivity index (χ2v) is 5.33. The number of fused-ring (bicyclic) bond motifs is 1. The van der Waals surface area contributed by atoms with Gasteiger partial charge in [0.1, 0.15) is 0 Å². The van der Waals surface area contributed by atoms with Gasteiger partial charge in [-0.2, -0.15) is 0 Å². The van der Waals surface area contributed by atoms with E-state index in [1.54, 1.807) is 0 Å². The molecule has 2 saturated carbocycles. The fourth-order valence-corrected chi connectivity index (χ4v) is 2.78. The average molecular weight is 152 g/mol. The second-order valence-electron chi connectivity index (χ2n) is 5.33. The first-order valence-corrected chi connectivity index (χ1v) is 5.12. The highest BCUT2D eigenvalue weighted by molar-refractivity contribution is 5.02. The first-order valence-electron chi connectivity index (χ1n) is 5.12. The monoisotopic (exact) mass is 152 g/mol. The zero-order chi connectivity index (χ0) is 8.06. The topological polar surface area (TPSA) is 0 Å². The zero-order valence-electron chi connectivity index (χ0n) is 8.06. The fraction of sp³-hybridized carbons (Fsp3) is 1.00. The summed E-state index contributed by atoms with van der Waals surface area (Å²) in [5, 5.41) is 0. The first-order chi connectivity index (χ1) is 5.12. The van der Waals surface area contributed by atoms with Crippen LogP contribution >= 0.6 is 0 Å². The highest BCUT2D eigenvalue weighted by Gasteiger charge is 2.52.